The molecule has 2 aromatic rings. The molecule has 1 N–H and O–H groups in total. The number of hydrogen-bond acceptors (Lipinski definition) is 4. The van der Waals surface area contributed by atoms with Gasteiger partial charge in [0.05, 0.1) is 20.0 Å². The normalized spacial score (nSPS) is 10.3. The fraction of sp³-hybridized carbons (Fsp3) is 0.154. The van der Waals surface area contributed by atoms with E-state index in [1.807, 2.05) is 0 Å². The molecule has 20 heavy (non-hydrogen) atoms. The summed E-state index contributed by atoms with van der Waals surface area (Å²) >= 11 is 0. The number of halogens is 1. The van der Waals surface area contributed by atoms with Gasteiger partial charge in [-0.2, -0.15) is 4.39 Å². The molecule has 104 valence electrons. The fourth-order valence-electron chi connectivity index (χ4n) is 1.65. The van der Waals surface area contributed by atoms with Crippen LogP contribution in [0, 0.1) is 5.82 Å². The molecular formula is C13H11FN2O4. The zero-order valence-electron chi connectivity index (χ0n) is 10.5. The molecule has 0 bridgehead atoms. The van der Waals surface area contributed by atoms with Crippen molar-refractivity contribution in [2.45, 2.75) is 6.54 Å². The molecule has 0 spiro atoms. The molecule has 0 radical (unpaired) electrons. The molecule has 2 rings (SSSR count). The van der Waals surface area contributed by atoms with Crippen molar-refractivity contribution in [2.75, 3.05) is 7.11 Å². The molecule has 1 heterocycles. The maximum absolute atomic E-state index is 13.5. The summed E-state index contributed by atoms with van der Waals surface area (Å²) < 4.78 is 19.5. The van der Waals surface area contributed by atoms with Crippen LogP contribution in [-0.4, -0.2) is 27.7 Å². The van der Waals surface area contributed by atoms with Crippen molar-refractivity contribution in [2.24, 2.45) is 0 Å². The van der Waals surface area contributed by atoms with Gasteiger partial charge >= 0.3 is 5.97 Å². The molecule has 1 aromatic heterocycles. The van der Waals surface area contributed by atoms with E-state index >= 15 is 0 Å². The first-order valence-electron chi connectivity index (χ1n) is 5.64. The molecule has 6 nitrogen and oxygen atoms in total. The Morgan fingerprint density at radius 3 is 2.60 bits per heavy atom. The lowest BCUT2D eigenvalue weighted by atomic mass is 10.2. The van der Waals surface area contributed by atoms with Crippen LogP contribution in [0.4, 0.5) is 4.39 Å². The van der Waals surface area contributed by atoms with Gasteiger partial charge in [-0.05, 0) is 17.7 Å². The lowest BCUT2D eigenvalue weighted by molar-refractivity contribution is 0.0683. The summed E-state index contributed by atoms with van der Waals surface area (Å²) in [7, 11) is 1.53. The van der Waals surface area contributed by atoms with Crippen LogP contribution in [0.5, 0.6) is 5.75 Å². The van der Waals surface area contributed by atoms with E-state index in [0.717, 1.165) is 16.5 Å². The van der Waals surface area contributed by atoms with E-state index in [2.05, 4.69) is 4.98 Å². The van der Waals surface area contributed by atoms with Crippen molar-refractivity contribution in [3.05, 3.63) is 58.0 Å². The number of carbonyl (C=O) groups is 1. The zero-order valence-corrected chi connectivity index (χ0v) is 10.5. The van der Waals surface area contributed by atoms with Crippen LogP contribution in [0.2, 0.25) is 0 Å². The largest absolute Gasteiger partial charge is 0.497 e. The van der Waals surface area contributed by atoms with E-state index < -0.39 is 23.0 Å². The molecule has 0 atom stereocenters. The summed E-state index contributed by atoms with van der Waals surface area (Å²) in [6.45, 7) is 0.0899. The van der Waals surface area contributed by atoms with Crippen LogP contribution in [0.25, 0.3) is 0 Å². The number of benzene rings is 1. The molecule has 0 saturated heterocycles. The summed E-state index contributed by atoms with van der Waals surface area (Å²) in [5.41, 5.74) is -1.16. The predicted molar refractivity (Wildman–Crippen MR) is 67.5 cm³/mol. The summed E-state index contributed by atoms with van der Waals surface area (Å²) in [6.07, 6.45) is 1.01. The van der Waals surface area contributed by atoms with Crippen molar-refractivity contribution in [1.82, 2.24) is 9.55 Å². The van der Waals surface area contributed by atoms with E-state index in [4.69, 9.17) is 9.84 Å². The maximum atomic E-state index is 13.5. The van der Waals surface area contributed by atoms with Crippen LogP contribution in [0.15, 0.2) is 35.4 Å². The Kier molecular flexibility index (Phi) is 3.79. The third-order valence-corrected chi connectivity index (χ3v) is 2.70. The molecule has 0 fully saturated rings. The first-order valence-corrected chi connectivity index (χ1v) is 5.64. The molecule has 7 heteroatoms. The van der Waals surface area contributed by atoms with Gasteiger partial charge in [-0.3, -0.25) is 9.36 Å². The second-order valence-corrected chi connectivity index (χ2v) is 3.99. The minimum Gasteiger partial charge on any atom is -0.497 e. The number of carboxylic acids is 1. The summed E-state index contributed by atoms with van der Waals surface area (Å²) in [6, 6.07) is 6.84. The van der Waals surface area contributed by atoms with Crippen LogP contribution in [-0.2, 0) is 6.54 Å². The number of methoxy groups -OCH3 is 1. The van der Waals surface area contributed by atoms with Gasteiger partial charge in [0.2, 0.25) is 5.82 Å². The first kappa shape index (κ1) is 13.7. The average Bonchev–Trinajstić information content (AvgIpc) is 2.44. The van der Waals surface area contributed by atoms with Gasteiger partial charge in [0.15, 0.2) is 5.69 Å². The summed E-state index contributed by atoms with van der Waals surface area (Å²) in [5.74, 6) is -2.28. The lowest BCUT2D eigenvalue weighted by Crippen LogP contribution is -2.27. The first-order chi connectivity index (χ1) is 9.52. The highest BCUT2D eigenvalue weighted by Gasteiger charge is 2.17. The number of aromatic carboxylic acids is 1. The van der Waals surface area contributed by atoms with E-state index in [-0.39, 0.29) is 6.54 Å². The van der Waals surface area contributed by atoms with E-state index in [0.29, 0.717) is 5.75 Å². The maximum Gasteiger partial charge on any atom is 0.357 e. The van der Waals surface area contributed by atoms with Gasteiger partial charge in [0.1, 0.15) is 5.75 Å². The predicted octanol–water partition coefficient (Wildman–Crippen LogP) is 1.14. The van der Waals surface area contributed by atoms with E-state index in [1.165, 1.54) is 7.11 Å². The number of aromatic nitrogens is 2. The van der Waals surface area contributed by atoms with Crippen molar-refractivity contribution in [1.29, 1.82) is 0 Å². The van der Waals surface area contributed by atoms with Gasteiger partial charge in [-0.25, -0.2) is 9.78 Å². The Morgan fingerprint density at radius 1 is 1.40 bits per heavy atom. The molecule has 0 amide bonds. The monoisotopic (exact) mass is 278 g/mol. The van der Waals surface area contributed by atoms with Crippen LogP contribution >= 0.6 is 0 Å². The van der Waals surface area contributed by atoms with Gasteiger partial charge < -0.3 is 9.84 Å². The molecule has 0 aliphatic carbocycles. The number of ether oxygens (including phenoxy) is 1. The highest BCUT2D eigenvalue weighted by Crippen LogP contribution is 2.11. The summed E-state index contributed by atoms with van der Waals surface area (Å²) in [5, 5.41) is 8.66. The molecule has 0 aliphatic rings. The van der Waals surface area contributed by atoms with Gasteiger partial charge in [-0.1, -0.05) is 12.1 Å². The van der Waals surface area contributed by atoms with E-state index in [1.54, 1.807) is 24.3 Å². The summed E-state index contributed by atoms with van der Waals surface area (Å²) in [4.78, 5) is 25.8. The van der Waals surface area contributed by atoms with Gasteiger partial charge in [-0.15, -0.1) is 0 Å². The lowest BCUT2D eigenvalue weighted by Gasteiger charge is -2.07. The van der Waals surface area contributed by atoms with Crippen LogP contribution < -0.4 is 10.3 Å². The molecule has 1 aromatic carbocycles. The van der Waals surface area contributed by atoms with Gasteiger partial charge in [0, 0.05) is 0 Å². The number of carboxylic acid groups (broad SMARTS) is 1. The Bertz CT molecular complexity index is 695. The van der Waals surface area contributed by atoms with Crippen molar-refractivity contribution < 1.29 is 19.0 Å². The smallest absolute Gasteiger partial charge is 0.357 e. The minimum atomic E-state index is -1.57. The standard InChI is InChI=1S/C13H11FN2O4/c1-20-9-4-2-8(3-5-9)6-16-7-15-11(13(18)19)10(14)12(16)17/h2-5,7H,6H2,1H3,(H,18,19). The van der Waals surface area contributed by atoms with Gasteiger partial charge in [0.25, 0.3) is 5.56 Å². The Balaban J connectivity index is 2.32. The molecule has 0 unspecified atom stereocenters. The second kappa shape index (κ2) is 5.52. The zero-order chi connectivity index (χ0) is 14.7. The number of nitrogens with zero attached hydrogens (tertiary/aromatic N) is 2. The van der Waals surface area contributed by atoms with Crippen molar-refractivity contribution >= 4 is 5.97 Å². The average molecular weight is 278 g/mol. The topological polar surface area (TPSA) is 81.4 Å². The third-order valence-electron chi connectivity index (χ3n) is 2.70. The Labute approximate surface area is 113 Å². The van der Waals surface area contributed by atoms with Crippen LogP contribution in [0.1, 0.15) is 16.1 Å². The van der Waals surface area contributed by atoms with Crippen molar-refractivity contribution in [3.8, 4) is 5.75 Å². The minimum absolute atomic E-state index is 0.0899. The van der Waals surface area contributed by atoms with Crippen molar-refractivity contribution in [3.63, 3.8) is 0 Å². The second-order valence-electron chi connectivity index (χ2n) is 3.99. The fourth-order valence-corrected chi connectivity index (χ4v) is 1.65. The van der Waals surface area contributed by atoms with Crippen LogP contribution in [0.3, 0.4) is 0 Å². The third kappa shape index (κ3) is 2.66. The highest BCUT2D eigenvalue weighted by atomic mass is 19.1. The Morgan fingerprint density at radius 2 is 2.05 bits per heavy atom. The molecular weight excluding hydrogens is 267 g/mol. The Hall–Kier alpha value is -2.70. The molecule has 0 saturated carbocycles. The quantitative estimate of drug-likeness (QED) is 0.906. The number of hydrogen-bond donors (Lipinski definition) is 1. The highest BCUT2D eigenvalue weighted by molar-refractivity contribution is 5.85. The number of rotatable bonds is 4. The van der Waals surface area contributed by atoms with E-state index in [9.17, 15) is 14.0 Å². The molecule has 0 aliphatic heterocycles. The SMILES string of the molecule is COc1ccc(Cn2cnc(C(=O)O)c(F)c2=O)cc1.